The molecule has 0 spiro atoms. The van der Waals surface area contributed by atoms with Gasteiger partial charge in [0.2, 0.25) is 5.28 Å². The summed E-state index contributed by atoms with van der Waals surface area (Å²) in [5.74, 6) is -0.334. The molecule has 3 heterocycles. The molecule has 3 aromatic rings. The van der Waals surface area contributed by atoms with Crippen molar-refractivity contribution in [1.82, 2.24) is 19.4 Å². The highest BCUT2D eigenvalue weighted by molar-refractivity contribution is 6.28. The first-order valence-corrected chi connectivity index (χ1v) is 5.65. The van der Waals surface area contributed by atoms with Gasteiger partial charge >= 0.3 is 0 Å². The van der Waals surface area contributed by atoms with Crippen LogP contribution >= 0.6 is 11.6 Å². The van der Waals surface area contributed by atoms with Gasteiger partial charge in [0.05, 0.1) is 17.6 Å². The van der Waals surface area contributed by atoms with Gasteiger partial charge in [-0.2, -0.15) is 0 Å². The lowest BCUT2D eigenvalue weighted by molar-refractivity contribution is 0.619. The Labute approximate surface area is 107 Å². The number of nitrogens with zero attached hydrogens (tertiary/aromatic N) is 4. The van der Waals surface area contributed by atoms with Gasteiger partial charge in [-0.05, 0) is 36.2 Å². The molecule has 0 saturated heterocycles. The van der Waals surface area contributed by atoms with Gasteiger partial charge in [0.15, 0.2) is 0 Å². The van der Waals surface area contributed by atoms with Crippen LogP contribution in [0, 0.1) is 12.7 Å². The van der Waals surface area contributed by atoms with Crippen LogP contribution in [0.1, 0.15) is 5.56 Å². The van der Waals surface area contributed by atoms with Crippen molar-refractivity contribution in [1.29, 1.82) is 0 Å². The van der Waals surface area contributed by atoms with E-state index in [9.17, 15) is 4.39 Å². The standard InChI is InChI=1S/C12H8ClFN4/c1-7-4-16-12(13)17-11(7)9-5-15-10-3-2-8(14)6-18(9)10/h2-6H,1H3. The second kappa shape index (κ2) is 4.03. The molecule has 0 aliphatic rings. The fourth-order valence-corrected chi connectivity index (χ4v) is 1.94. The molecule has 3 aromatic heterocycles. The van der Waals surface area contributed by atoms with E-state index >= 15 is 0 Å². The van der Waals surface area contributed by atoms with Gasteiger partial charge in [0, 0.05) is 12.4 Å². The summed E-state index contributed by atoms with van der Waals surface area (Å²) < 4.78 is 14.9. The zero-order valence-corrected chi connectivity index (χ0v) is 10.2. The van der Waals surface area contributed by atoms with Crippen LogP contribution in [0.3, 0.4) is 0 Å². The van der Waals surface area contributed by atoms with Crippen molar-refractivity contribution in [3.05, 3.63) is 47.4 Å². The van der Waals surface area contributed by atoms with Gasteiger partial charge in [-0.3, -0.25) is 4.40 Å². The maximum absolute atomic E-state index is 13.3. The van der Waals surface area contributed by atoms with Gasteiger partial charge in [0.25, 0.3) is 0 Å². The lowest BCUT2D eigenvalue weighted by atomic mass is 10.2. The van der Waals surface area contributed by atoms with Crippen molar-refractivity contribution in [2.24, 2.45) is 0 Å². The summed E-state index contributed by atoms with van der Waals surface area (Å²) in [4.78, 5) is 12.3. The number of hydrogen-bond acceptors (Lipinski definition) is 3. The Kier molecular flexibility index (Phi) is 2.48. The summed E-state index contributed by atoms with van der Waals surface area (Å²) in [6.45, 7) is 1.87. The Balaban J connectivity index is 2.31. The Morgan fingerprint density at radius 2 is 2.06 bits per heavy atom. The van der Waals surface area contributed by atoms with Crippen LogP contribution in [0.2, 0.25) is 5.28 Å². The second-order valence-corrected chi connectivity index (χ2v) is 4.23. The van der Waals surface area contributed by atoms with E-state index in [0.29, 0.717) is 17.0 Å². The Hall–Kier alpha value is -2.01. The zero-order chi connectivity index (χ0) is 12.7. The molecule has 90 valence electrons. The summed E-state index contributed by atoms with van der Waals surface area (Å²) in [5.41, 5.74) is 2.84. The highest BCUT2D eigenvalue weighted by Crippen LogP contribution is 2.23. The zero-order valence-electron chi connectivity index (χ0n) is 9.43. The number of halogens is 2. The molecule has 0 fully saturated rings. The smallest absolute Gasteiger partial charge is 0.222 e. The Bertz CT molecular complexity index is 738. The summed E-state index contributed by atoms with van der Waals surface area (Å²) in [7, 11) is 0. The average molecular weight is 263 g/mol. The Morgan fingerprint density at radius 1 is 1.22 bits per heavy atom. The molecule has 0 aliphatic heterocycles. The molecule has 0 bridgehead atoms. The van der Waals surface area contributed by atoms with Crippen LogP contribution in [0.4, 0.5) is 4.39 Å². The molecule has 4 nitrogen and oxygen atoms in total. The van der Waals surface area contributed by atoms with E-state index in [1.165, 1.54) is 12.3 Å². The molecule has 0 aromatic carbocycles. The first-order valence-electron chi connectivity index (χ1n) is 5.27. The molecule has 18 heavy (non-hydrogen) atoms. The van der Waals surface area contributed by atoms with Crippen LogP contribution in [0.25, 0.3) is 17.0 Å². The fourth-order valence-electron chi connectivity index (χ4n) is 1.81. The number of aryl methyl sites for hydroxylation is 1. The van der Waals surface area contributed by atoms with E-state index in [-0.39, 0.29) is 11.1 Å². The minimum Gasteiger partial charge on any atom is -0.295 e. The van der Waals surface area contributed by atoms with Crippen molar-refractivity contribution in [2.45, 2.75) is 6.92 Å². The monoisotopic (exact) mass is 262 g/mol. The molecule has 0 unspecified atom stereocenters. The van der Waals surface area contributed by atoms with Crippen LogP contribution in [-0.2, 0) is 0 Å². The van der Waals surface area contributed by atoms with Crippen LogP contribution in [0.15, 0.2) is 30.7 Å². The highest BCUT2D eigenvalue weighted by atomic mass is 35.5. The first kappa shape index (κ1) is 11.1. The van der Waals surface area contributed by atoms with Gasteiger partial charge in [-0.25, -0.2) is 19.3 Å². The second-order valence-electron chi connectivity index (χ2n) is 3.89. The van der Waals surface area contributed by atoms with Gasteiger partial charge in [0.1, 0.15) is 11.5 Å². The summed E-state index contributed by atoms with van der Waals surface area (Å²) in [6, 6.07) is 2.98. The summed E-state index contributed by atoms with van der Waals surface area (Å²) in [6.07, 6.45) is 4.64. The Morgan fingerprint density at radius 3 is 2.89 bits per heavy atom. The molecule has 0 aliphatic carbocycles. The third-order valence-corrected chi connectivity index (χ3v) is 2.84. The maximum Gasteiger partial charge on any atom is 0.222 e. The SMILES string of the molecule is Cc1cnc(Cl)nc1-c1cnc2ccc(F)cn12. The molecular formula is C12H8ClFN4. The number of imidazole rings is 1. The average Bonchev–Trinajstić information content (AvgIpc) is 2.75. The minimum absolute atomic E-state index is 0.155. The molecule has 0 atom stereocenters. The van der Waals surface area contributed by atoms with Crippen LogP contribution < -0.4 is 0 Å². The van der Waals surface area contributed by atoms with E-state index in [1.54, 1.807) is 22.9 Å². The lowest BCUT2D eigenvalue weighted by Gasteiger charge is -2.04. The number of fused-ring (bicyclic) bond motifs is 1. The number of hydrogen-bond donors (Lipinski definition) is 0. The van der Waals surface area contributed by atoms with Crippen LogP contribution in [0.5, 0.6) is 0 Å². The summed E-state index contributed by atoms with van der Waals surface area (Å²) in [5, 5.41) is 0.155. The highest BCUT2D eigenvalue weighted by Gasteiger charge is 2.11. The van der Waals surface area contributed by atoms with Crippen LogP contribution in [-0.4, -0.2) is 19.4 Å². The predicted octanol–water partition coefficient (Wildman–Crippen LogP) is 2.89. The number of rotatable bonds is 1. The number of aromatic nitrogens is 4. The van der Waals surface area contributed by atoms with Crippen molar-refractivity contribution >= 4 is 17.2 Å². The molecule has 0 radical (unpaired) electrons. The van der Waals surface area contributed by atoms with E-state index in [0.717, 1.165) is 5.56 Å². The third kappa shape index (κ3) is 1.73. The predicted molar refractivity (Wildman–Crippen MR) is 65.9 cm³/mol. The fraction of sp³-hybridized carbons (Fsp3) is 0.0833. The largest absolute Gasteiger partial charge is 0.295 e. The lowest BCUT2D eigenvalue weighted by Crippen LogP contribution is -1.96. The molecule has 3 rings (SSSR count). The van der Waals surface area contributed by atoms with E-state index in [4.69, 9.17) is 11.6 Å². The van der Waals surface area contributed by atoms with E-state index < -0.39 is 0 Å². The normalized spacial score (nSPS) is 11.1. The van der Waals surface area contributed by atoms with Gasteiger partial charge < -0.3 is 0 Å². The van der Waals surface area contributed by atoms with Crippen molar-refractivity contribution in [2.75, 3.05) is 0 Å². The minimum atomic E-state index is -0.334. The quantitative estimate of drug-likeness (QED) is 0.634. The molecular weight excluding hydrogens is 255 g/mol. The third-order valence-electron chi connectivity index (χ3n) is 2.65. The van der Waals surface area contributed by atoms with E-state index in [2.05, 4.69) is 15.0 Å². The maximum atomic E-state index is 13.3. The molecule has 0 saturated carbocycles. The van der Waals surface area contributed by atoms with Crippen molar-refractivity contribution < 1.29 is 4.39 Å². The van der Waals surface area contributed by atoms with Crippen molar-refractivity contribution in [3.63, 3.8) is 0 Å². The molecule has 6 heteroatoms. The summed E-state index contributed by atoms with van der Waals surface area (Å²) >= 11 is 5.79. The number of pyridine rings is 1. The topological polar surface area (TPSA) is 43.1 Å². The van der Waals surface area contributed by atoms with E-state index in [1.807, 2.05) is 6.92 Å². The van der Waals surface area contributed by atoms with Crippen molar-refractivity contribution in [3.8, 4) is 11.4 Å². The first-order chi connectivity index (χ1) is 8.65. The molecule has 0 N–H and O–H groups in total. The molecule has 0 amide bonds. The van der Waals surface area contributed by atoms with Gasteiger partial charge in [-0.1, -0.05) is 0 Å². The van der Waals surface area contributed by atoms with Gasteiger partial charge in [-0.15, -0.1) is 0 Å².